The van der Waals surface area contributed by atoms with Gasteiger partial charge >= 0.3 is 0 Å². The van der Waals surface area contributed by atoms with E-state index >= 15 is 0 Å². The zero-order chi connectivity index (χ0) is 13.0. The third-order valence-electron chi connectivity index (χ3n) is 2.71. The Hall–Kier alpha value is -2.11. The number of hydrogen-bond donors (Lipinski definition) is 0. The number of carbonyl (C=O) groups excluding carboxylic acids is 1. The third-order valence-corrected chi connectivity index (χ3v) is 2.71. The van der Waals surface area contributed by atoms with Gasteiger partial charge in [0.15, 0.2) is 0 Å². The highest BCUT2D eigenvalue weighted by Gasteiger charge is 2.18. The van der Waals surface area contributed by atoms with Crippen LogP contribution in [0.3, 0.4) is 0 Å². The van der Waals surface area contributed by atoms with E-state index < -0.39 is 0 Å². The topological polar surface area (TPSA) is 64.2 Å². The van der Waals surface area contributed by atoms with Crippen molar-refractivity contribution < 1.29 is 9.32 Å². The van der Waals surface area contributed by atoms with Gasteiger partial charge in [-0.2, -0.15) is 5.10 Å². The molecule has 0 radical (unpaired) electrons. The van der Waals surface area contributed by atoms with Crippen LogP contribution in [0.25, 0.3) is 0 Å². The molecule has 1 amide bonds. The Morgan fingerprint density at radius 3 is 3.06 bits per heavy atom. The molecular weight excluding hydrogens is 232 g/mol. The fourth-order valence-corrected chi connectivity index (χ4v) is 1.78. The maximum absolute atomic E-state index is 12.1. The van der Waals surface area contributed by atoms with Crippen LogP contribution >= 0.6 is 0 Å². The van der Waals surface area contributed by atoms with Gasteiger partial charge in [-0.25, -0.2) is 0 Å². The molecule has 6 heteroatoms. The van der Waals surface area contributed by atoms with E-state index in [1.54, 1.807) is 28.9 Å². The highest BCUT2D eigenvalue weighted by molar-refractivity contribution is 5.78. The van der Waals surface area contributed by atoms with Gasteiger partial charge in [-0.15, -0.1) is 0 Å². The van der Waals surface area contributed by atoms with Crippen LogP contribution in [-0.4, -0.2) is 32.8 Å². The van der Waals surface area contributed by atoms with E-state index in [0.717, 1.165) is 5.69 Å². The van der Waals surface area contributed by atoms with Gasteiger partial charge in [0.1, 0.15) is 12.0 Å². The highest BCUT2D eigenvalue weighted by atomic mass is 16.5. The van der Waals surface area contributed by atoms with Crippen molar-refractivity contribution in [2.75, 3.05) is 7.05 Å². The largest absolute Gasteiger partial charge is 0.364 e. The number of carbonyl (C=O) groups is 1. The Kier molecular flexibility index (Phi) is 3.76. The summed E-state index contributed by atoms with van der Waals surface area (Å²) in [5, 5.41) is 7.88. The third kappa shape index (κ3) is 2.97. The number of aromatic nitrogens is 3. The fourth-order valence-electron chi connectivity index (χ4n) is 1.78. The van der Waals surface area contributed by atoms with Crippen LogP contribution in [0.2, 0.25) is 0 Å². The second-order valence-corrected chi connectivity index (χ2v) is 4.31. The minimum absolute atomic E-state index is 0.0634. The average Bonchev–Trinajstić information content (AvgIpc) is 3.01. The van der Waals surface area contributed by atoms with Crippen molar-refractivity contribution in [3.05, 3.63) is 36.5 Å². The first kappa shape index (κ1) is 12.3. The Morgan fingerprint density at radius 2 is 2.44 bits per heavy atom. The molecule has 2 aromatic heterocycles. The van der Waals surface area contributed by atoms with Crippen LogP contribution in [-0.2, 0) is 17.9 Å². The second-order valence-electron chi connectivity index (χ2n) is 4.31. The first-order chi connectivity index (χ1) is 8.66. The van der Waals surface area contributed by atoms with Gasteiger partial charge in [-0.3, -0.25) is 9.48 Å². The molecule has 18 heavy (non-hydrogen) atoms. The predicted octanol–water partition coefficient (Wildman–Crippen LogP) is 1.17. The average molecular weight is 248 g/mol. The predicted molar refractivity (Wildman–Crippen MR) is 64.4 cm³/mol. The molecular formula is C12H16N4O2. The Balaban J connectivity index is 1.89. The van der Waals surface area contributed by atoms with E-state index in [2.05, 4.69) is 10.3 Å². The molecule has 0 unspecified atom stereocenters. The van der Waals surface area contributed by atoms with E-state index in [0.29, 0.717) is 13.1 Å². The van der Waals surface area contributed by atoms with Crippen molar-refractivity contribution >= 4 is 5.91 Å². The number of rotatable bonds is 5. The summed E-state index contributed by atoms with van der Waals surface area (Å²) in [6.45, 7) is 2.93. The van der Waals surface area contributed by atoms with E-state index in [1.807, 2.05) is 19.2 Å². The van der Waals surface area contributed by atoms with E-state index in [4.69, 9.17) is 4.52 Å². The lowest BCUT2D eigenvalue weighted by Gasteiger charge is -2.20. The molecule has 2 aromatic rings. The summed E-state index contributed by atoms with van der Waals surface area (Å²) in [5.74, 6) is -0.0599. The van der Waals surface area contributed by atoms with Crippen LogP contribution in [0.15, 0.2) is 35.3 Å². The quantitative estimate of drug-likeness (QED) is 0.796. The zero-order valence-electron chi connectivity index (χ0n) is 10.5. The molecule has 0 saturated carbocycles. The normalized spacial score (nSPS) is 12.3. The van der Waals surface area contributed by atoms with Crippen LogP contribution in [0.4, 0.5) is 0 Å². The monoisotopic (exact) mass is 248 g/mol. The van der Waals surface area contributed by atoms with Crippen LogP contribution in [0.5, 0.6) is 0 Å². The molecule has 0 aliphatic heterocycles. The summed E-state index contributed by atoms with van der Waals surface area (Å²) in [4.78, 5) is 13.8. The van der Waals surface area contributed by atoms with Crippen molar-refractivity contribution in [1.29, 1.82) is 0 Å². The molecule has 2 heterocycles. The molecule has 0 N–H and O–H groups in total. The maximum atomic E-state index is 12.1. The molecule has 6 nitrogen and oxygen atoms in total. The summed E-state index contributed by atoms with van der Waals surface area (Å²) in [6, 6.07) is 3.60. The lowest BCUT2D eigenvalue weighted by Crippen LogP contribution is -2.33. The molecule has 96 valence electrons. The minimum atomic E-state index is -0.123. The first-order valence-electron chi connectivity index (χ1n) is 5.78. The zero-order valence-corrected chi connectivity index (χ0v) is 10.5. The first-order valence-corrected chi connectivity index (χ1v) is 5.78. The highest BCUT2D eigenvalue weighted by Crippen LogP contribution is 2.07. The van der Waals surface area contributed by atoms with Gasteiger partial charge in [0.2, 0.25) is 5.91 Å². The van der Waals surface area contributed by atoms with Gasteiger partial charge in [0, 0.05) is 25.5 Å². The van der Waals surface area contributed by atoms with Crippen molar-refractivity contribution in [2.45, 2.75) is 20.0 Å². The van der Waals surface area contributed by atoms with Gasteiger partial charge < -0.3 is 9.42 Å². The summed E-state index contributed by atoms with van der Waals surface area (Å²) < 4.78 is 6.50. The number of amides is 1. The molecule has 0 bridgehead atoms. The summed E-state index contributed by atoms with van der Waals surface area (Å²) in [5.41, 5.74) is 0.747. The molecule has 0 aromatic carbocycles. The number of hydrogen-bond acceptors (Lipinski definition) is 4. The summed E-state index contributed by atoms with van der Waals surface area (Å²) >= 11 is 0. The molecule has 0 aliphatic carbocycles. The SMILES string of the molecule is C[C@H](Cn1cccn1)C(=O)N(C)Cc1ccon1. The van der Waals surface area contributed by atoms with Crippen LogP contribution in [0.1, 0.15) is 12.6 Å². The lowest BCUT2D eigenvalue weighted by atomic mass is 10.1. The standard InChI is InChI=1S/C12H16N4O2/c1-10(8-16-6-3-5-13-16)12(17)15(2)9-11-4-7-18-14-11/h3-7,10H,8-9H2,1-2H3/t10-/m1/s1. The lowest BCUT2D eigenvalue weighted by molar-refractivity contribution is -0.134. The Bertz CT molecular complexity index is 434. The second kappa shape index (κ2) is 5.48. The van der Waals surface area contributed by atoms with Gasteiger partial charge in [-0.1, -0.05) is 12.1 Å². The molecule has 0 saturated heterocycles. The molecule has 0 aliphatic rings. The Labute approximate surface area is 105 Å². The van der Waals surface area contributed by atoms with Gasteiger partial charge in [-0.05, 0) is 6.07 Å². The minimum Gasteiger partial charge on any atom is -0.364 e. The fraction of sp³-hybridized carbons (Fsp3) is 0.417. The van der Waals surface area contributed by atoms with Crippen LogP contribution < -0.4 is 0 Å². The van der Waals surface area contributed by atoms with Gasteiger partial charge in [0.05, 0.1) is 19.0 Å². The maximum Gasteiger partial charge on any atom is 0.227 e. The molecule has 0 spiro atoms. The number of nitrogens with zero attached hydrogens (tertiary/aromatic N) is 4. The van der Waals surface area contributed by atoms with E-state index in [-0.39, 0.29) is 11.8 Å². The van der Waals surface area contributed by atoms with Gasteiger partial charge in [0.25, 0.3) is 0 Å². The Morgan fingerprint density at radius 1 is 1.61 bits per heavy atom. The van der Waals surface area contributed by atoms with Crippen molar-refractivity contribution in [2.24, 2.45) is 5.92 Å². The molecule has 0 fully saturated rings. The summed E-state index contributed by atoms with van der Waals surface area (Å²) in [6.07, 6.45) is 5.05. The van der Waals surface area contributed by atoms with E-state index in [9.17, 15) is 4.79 Å². The van der Waals surface area contributed by atoms with Crippen LogP contribution in [0, 0.1) is 5.92 Å². The van der Waals surface area contributed by atoms with E-state index in [1.165, 1.54) is 6.26 Å². The van der Waals surface area contributed by atoms with Crippen molar-refractivity contribution in [1.82, 2.24) is 19.8 Å². The molecule has 2 rings (SSSR count). The van der Waals surface area contributed by atoms with Crippen molar-refractivity contribution in [3.8, 4) is 0 Å². The molecule has 1 atom stereocenters. The summed E-state index contributed by atoms with van der Waals surface area (Å²) in [7, 11) is 1.76. The van der Waals surface area contributed by atoms with Crippen molar-refractivity contribution in [3.63, 3.8) is 0 Å². The smallest absolute Gasteiger partial charge is 0.227 e.